The fourth-order valence-electron chi connectivity index (χ4n) is 1.54. The molecule has 0 saturated carbocycles. The van der Waals surface area contributed by atoms with E-state index in [0.29, 0.717) is 6.42 Å². The highest BCUT2D eigenvalue weighted by Gasteiger charge is 2.42. The Hall–Kier alpha value is -1.65. The van der Waals surface area contributed by atoms with E-state index in [2.05, 4.69) is 11.9 Å². The molecule has 1 rings (SSSR count). The number of nitrogens with zero attached hydrogens (tertiary/aromatic N) is 1. The molecule has 88 valence electrons. The van der Waals surface area contributed by atoms with Crippen LogP contribution in [0.3, 0.4) is 0 Å². The molecule has 0 aliphatic carbocycles. The Labute approximate surface area is 94.5 Å². The Morgan fingerprint density at radius 2 is 2.19 bits per heavy atom. The van der Waals surface area contributed by atoms with Crippen molar-refractivity contribution < 1.29 is 14.4 Å². The summed E-state index contributed by atoms with van der Waals surface area (Å²) in [5.41, 5.74) is -0.966. The Bertz CT molecular complexity index is 347. The smallest absolute Gasteiger partial charge is 0.252 e. The predicted octanol–water partition coefficient (Wildman–Crippen LogP) is 0.216. The molecule has 1 aliphatic heterocycles. The molecule has 1 aliphatic rings. The van der Waals surface area contributed by atoms with E-state index in [0.717, 1.165) is 0 Å². The maximum Gasteiger partial charge on any atom is 0.252 e. The second kappa shape index (κ2) is 4.47. The molecule has 3 amide bonds. The number of carbonyl (C=O) groups is 3. The van der Waals surface area contributed by atoms with Gasteiger partial charge in [-0.3, -0.25) is 19.7 Å². The number of hydrogen-bond acceptors (Lipinski definition) is 3. The molecule has 0 bridgehead atoms. The first kappa shape index (κ1) is 12.4. The van der Waals surface area contributed by atoms with Gasteiger partial charge in [-0.2, -0.15) is 0 Å². The lowest BCUT2D eigenvalue weighted by molar-refractivity contribution is -0.155. The summed E-state index contributed by atoms with van der Waals surface area (Å²) in [6, 6.07) is 0. The van der Waals surface area contributed by atoms with Crippen LogP contribution in [0.4, 0.5) is 0 Å². The highest BCUT2D eigenvalue weighted by molar-refractivity contribution is 6.06. The first-order valence-electron chi connectivity index (χ1n) is 5.15. The van der Waals surface area contributed by atoms with Crippen molar-refractivity contribution in [2.24, 2.45) is 0 Å². The summed E-state index contributed by atoms with van der Waals surface area (Å²) < 4.78 is 0. The number of rotatable bonds is 3. The van der Waals surface area contributed by atoms with Gasteiger partial charge in [0.2, 0.25) is 11.8 Å². The van der Waals surface area contributed by atoms with E-state index in [1.54, 1.807) is 19.9 Å². The number of hydrogen-bond donors (Lipinski definition) is 1. The molecule has 1 N–H and O–H groups in total. The van der Waals surface area contributed by atoms with Crippen LogP contribution in [0.5, 0.6) is 0 Å². The van der Waals surface area contributed by atoms with E-state index in [-0.39, 0.29) is 18.9 Å². The van der Waals surface area contributed by atoms with Gasteiger partial charge in [-0.05, 0) is 20.3 Å². The van der Waals surface area contributed by atoms with E-state index in [9.17, 15) is 14.4 Å². The number of imide groups is 1. The molecule has 5 nitrogen and oxygen atoms in total. The molecule has 0 unspecified atom stereocenters. The molecule has 0 aromatic rings. The zero-order valence-corrected chi connectivity index (χ0v) is 9.58. The molecular formula is C11H16N2O3. The van der Waals surface area contributed by atoms with E-state index >= 15 is 0 Å². The van der Waals surface area contributed by atoms with Crippen molar-refractivity contribution in [1.82, 2.24) is 10.2 Å². The molecule has 1 saturated heterocycles. The van der Waals surface area contributed by atoms with Gasteiger partial charge >= 0.3 is 0 Å². The van der Waals surface area contributed by atoms with Gasteiger partial charge in [0.05, 0.1) is 0 Å². The molecule has 0 spiro atoms. The predicted molar refractivity (Wildman–Crippen MR) is 58.4 cm³/mol. The van der Waals surface area contributed by atoms with Crippen LogP contribution in [0.15, 0.2) is 12.7 Å². The molecule has 0 atom stereocenters. The Balaban J connectivity index is 2.83. The summed E-state index contributed by atoms with van der Waals surface area (Å²) in [4.78, 5) is 35.9. The van der Waals surface area contributed by atoms with E-state index in [1.807, 2.05) is 0 Å². The number of allylic oxidation sites excluding steroid dienone is 1. The largest absolute Gasteiger partial charge is 0.319 e. The molecule has 1 heterocycles. The quantitative estimate of drug-likeness (QED) is 0.550. The van der Waals surface area contributed by atoms with Crippen molar-refractivity contribution >= 4 is 17.7 Å². The number of carbonyl (C=O) groups excluding carboxylic acids is 3. The average Bonchev–Trinajstić information content (AvgIpc) is 2.20. The third-order valence-corrected chi connectivity index (χ3v) is 2.65. The van der Waals surface area contributed by atoms with Crippen LogP contribution in [0.25, 0.3) is 0 Å². The maximum atomic E-state index is 11.8. The van der Waals surface area contributed by atoms with Gasteiger partial charge < -0.3 is 4.90 Å². The van der Waals surface area contributed by atoms with Crippen molar-refractivity contribution in [2.75, 3.05) is 6.54 Å². The number of amides is 3. The highest BCUT2D eigenvalue weighted by Crippen LogP contribution is 2.19. The monoisotopic (exact) mass is 224 g/mol. The van der Waals surface area contributed by atoms with Crippen molar-refractivity contribution in [1.29, 1.82) is 0 Å². The van der Waals surface area contributed by atoms with Crippen molar-refractivity contribution in [3.63, 3.8) is 0 Å². The molecular weight excluding hydrogens is 208 g/mol. The van der Waals surface area contributed by atoms with Crippen LogP contribution in [0.1, 0.15) is 26.7 Å². The average molecular weight is 224 g/mol. The van der Waals surface area contributed by atoms with E-state index < -0.39 is 17.4 Å². The van der Waals surface area contributed by atoms with Gasteiger partial charge in [0.1, 0.15) is 12.1 Å². The van der Waals surface area contributed by atoms with E-state index in [1.165, 1.54) is 4.90 Å². The highest BCUT2D eigenvalue weighted by atomic mass is 16.2. The topological polar surface area (TPSA) is 66.5 Å². The summed E-state index contributed by atoms with van der Waals surface area (Å²) >= 11 is 0. The van der Waals surface area contributed by atoms with Gasteiger partial charge in [0.15, 0.2) is 0 Å². The lowest BCUT2D eigenvalue weighted by Gasteiger charge is -2.40. The van der Waals surface area contributed by atoms with Gasteiger partial charge in [-0.15, -0.1) is 6.58 Å². The third-order valence-electron chi connectivity index (χ3n) is 2.65. The lowest BCUT2D eigenvalue weighted by Crippen LogP contribution is -2.65. The van der Waals surface area contributed by atoms with Gasteiger partial charge in [-0.25, -0.2) is 0 Å². The minimum absolute atomic E-state index is 0.0608. The molecule has 16 heavy (non-hydrogen) atoms. The van der Waals surface area contributed by atoms with Crippen LogP contribution in [0.2, 0.25) is 0 Å². The van der Waals surface area contributed by atoms with Crippen LogP contribution in [-0.4, -0.2) is 34.7 Å². The lowest BCUT2D eigenvalue weighted by atomic mass is 9.98. The first-order chi connectivity index (χ1) is 7.39. The van der Waals surface area contributed by atoms with Crippen molar-refractivity contribution in [2.45, 2.75) is 32.2 Å². The second-order valence-corrected chi connectivity index (χ2v) is 4.24. The summed E-state index contributed by atoms with van der Waals surface area (Å²) in [5, 5.41) is 2.22. The summed E-state index contributed by atoms with van der Waals surface area (Å²) in [5.74, 6) is -1.07. The molecule has 0 radical (unpaired) electrons. The van der Waals surface area contributed by atoms with Gasteiger partial charge in [0.25, 0.3) is 5.91 Å². The maximum absolute atomic E-state index is 11.8. The fourth-order valence-corrected chi connectivity index (χ4v) is 1.54. The second-order valence-electron chi connectivity index (χ2n) is 4.24. The zero-order valence-electron chi connectivity index (χ0n) is 9.58. The minimum atomic E-state index is -0.966. The van der Waals surface area contributed by atoms with Gasteiger partial charge in [-0.1, -0.05) is 6.08 Å². The van der Waals surface area contributed by atoms with E-state index in [4.69, 9.17) is 0 Å². The van der Waals surface area contributed by atoms with Crippen molar-refractivity contribution in [3.05, 3.63) is 12.7 Å². The molecule has 0 aromatic carbocycles. The summed E-state index contributed by atoms with van der Waals surface area (Å²) in [6.45, 7) is 6.72. The summed E-state index contributed by atoms with van der Waals surface area (Å²) in [7, 11) is 0. The van der Waals surface area contributed by atoms with Crippen molar-refractivity contribution in [3.8, 4) is 0 Å². The Morgan fingerprint density at radius 1 is 1.56 bits per heavy atom. The summed E-state index contributed by atoms with van der Waals surface area (Å²) in [6.07, 6.45) is 2.45. The Kier molecular flexibility index (Phi) is 3.47. The van der Waals surface area contributed by atoms with Crippen LogP contribution >= 0.6 is 0 Å². The van der Waals surface area contributed by atoms with Crippen LogP contribution in [0, 0.1) is 0 Å². The minimum Gasteiger partial charge on any atom is -0.319 e. The van der Waals surface area contributed by atoms with Crippen LogP contribution < -0.4 is 5.32 Å². The molecule has 1 fully saturated rings. The number of nitrogens with one attached hydrogen (secondary N) is 1. The zero-order chi connectivity index (χ0) is 12.3. The first-order valence-corrected chi connectivity index (χ1v) is 5.15. The SMILES string of the molecule is C=CCCC(=O)N1CC(=O)NC(=O)C1(C)C. The van der Waals surface area contributed by atoms with Crippen LogP contribution in [-0.2, 0) is 14.4 Å². The standard InChI is InChI=1S/C11H16N2O3/c1-4-5-6-9(15)13-7-8(14)12-10(16)11(13,2)3/h4H,1,5-7H2,2-3H3,(H,12,14,16). The van der Waals surface area contributed by atoms with Gasteiger partial charge in [0, 0.05) is 6.42 Å². The number of piperazine rings is 1. The molecule has 5 heteroatoms. The Morgan fingerprint density at radius 3 is 2.75 bits per heavy atom. The normalized spacial score (nSPS) is 19.2. The third kappa shape index (κ3) is 2.29. The molecule has 0 aromatic heterocycles. The fraction of sp³-hybridized carbons (Fsp3) is 0.545.